The highest BCUT2D eigenvalue weighted by Gasteiger charge is 2.39. The second-order valence-corrected chi connectivity index (χ2v) is 7.89. The molecule has 16 heavy (non-hydrogen) atoms. The second kappa shape index (κ2) is 4.61. The zero-order valence-electron chi connectivity index (χ0n) is 10.4. The molecule has 3 saturated carbocycles. The molecule has 0 aromatic heterocycles. The van der Waals surface area contributed by atoms with E-state index in [9.17, 15) is 0 Å². The number of rotatable bonds is 4. The molecule has 0 aliphatic heterocycles. The van der Waals surface area contributed by atoms with Crippen LogP contribution in [-0.2, 0) is 0 Å². The molecule has 2 heteroatoms. The topological polar surface area (TPSA) is 3.24 Å². The van der Waals surface area contributed by atoms with E-state index < -0.39 is 0 Å². The Balaban J connectivity index is 1.41. The summed E-state index contributed by atoms with van der Waals surface area (Å²) in [6, 6.07) is 0. The van der Waals surface area contributed by atoms with E-state index in [0.29, 0.717) is 0 Å². The van der Waals surface area contributed by atoms with Gasteiger partial charge in [0.2, 0.25) is 0 Å². The molecule has 0 spiro atoms. The second-order valence-electron chi connectivity index (χ2n) is 6.59. The molecule has 0 saturated heterocycles. The Kier molecular flexibility index (Phi) is 3.32. The molecule has 3 fully saturated rings. The van der Waals surface area contributed by atoms with Crippen molar-refractivity contribution in [2.45, 2.75) is 43.4 Å². The van der Waals surface area contributed by atoms with Gasteiger partial charge in [-0.15, -0.1) is 0 Å². The fourth-order valence-corrected chi connectivity index (χ4v) is 5.38. The van der Waals surface area contributed by atoms with Gasteiger partial charge in [0.05, 0.1) is 0 Å². The summed E-state index contributed by atoms with van der Waals surface area (Å²) in [7, 11) is 2.34. The Morgan fingerprint density at radius 2 is 1.88 bits per heavy atom. The summed E-state index contributed by atoms with van der Waals surface area (Å²) in [6.07, 6.45) is 8.99. The number of nitrogens with zero attached hydrogens (tertiary/aromatic N) is 1. The van der Waals surface area contributed by atoms with E-state index in [4.69, 9.17) is 0 Å². The fourth-order valence-electron chi connectivity index (χ4n) is 4.32. The highest BCUT2D eigenvalue weighted by molar-refractivity contribution is 9.09. The van der Waals surface area contributed by atoms with Crippen molar-refractivity contribution in [3.63, 3.8) is 0 Å². The van der Waals surface area contributed by atoms with Crippen LogP contribution < -0.4 is 0 Å². The molecule has 92 valence electrons. The van der Waals surface area contributed by atoms with Crippen LogP contribution in [0.1, 0.15) is 38.5 Å². The van der Waals surface area contributed by atoms with Gasteiger partial charge in [-0.3, -0.25) is 0 Å². The van der Waals surface area contributed by atoms with E-state index in [2.05, 4.69) is 27.9 Å². The van der Waals surface area contributed by atoms with Crippen LogP contribution in [0.5, 0.6) is 0 Å². The lowest BCUT2D eigenvalue weighted by molar-refractivity contribution is 0.168. The van der Waals surface area contributed by atoms with Gasteiger partial charge < -0.3 is 4.90 Å². The fraction of sp³-hybridized carbons (Fsp3) is 1.00. The summed E-state index contributed by atoms with van der Waals surface area (Å²) >= 11 is 3.69. The largest absolute Gasteiger partial charge is 0.306 e. The van der Waals surface area contributed by atoms with Crippen LogP contribution in [-0.4, -0.2) is 29.9 Å². The van der Waals surface area contributed by atoms with Crippen molar-refractivity contribution in [2.75, 3.05) is 20.1 Å². The maximum atomic E-state index is 3.69. The van der Waals surface area contributed by atoms with Crippen molar-refractivity contribution in [3.05, 3.63) is 0 Å². The summed E-state index contributed by atoms with van der Waals surface area (Å²) in [6.45, 7) is 2.72. The molecule has 0 N–H and O–H groups in total. The Morgan fingerprint density at radius 1 is 1.06 bits per heavy atom. The lowest BCUT2D eigenvalue weighted by Crippen LogP contribution is -2.37. The van der Waals surface area contributed by atoms with E-state index in [1.54, 1.807) is 19.3 Å². The monoisotopic (exact) mass is 285 g/mol. The molecule has 2 bridgehead atoms. The molecule has 0 heterocycles. The van der Waals surface area contributed by atoms with Crippen molar-refractivity contribution in [3.8, 4) is 0 Å². The number of halogens is 1. The Morgan fingerprint density at radius 3 is 2.44 bits per heavy atom. The number of fused-ring (bicyclic) bond motifs is 2. The summed E-state index contributed by atoms with van der Waals surface area (Å²) in [5.41, 5.74) is 0. The SMILES string of the molecule is CN(CC1CC(Br)C1)CC1CC2CCC1C2. The molecule has 0 radical (unpaired) electrons. The molecule has 3 aliphatic carbocycles. The van der Waals surface area contributed by atoms with Gasteiger partial charge in [0, 0.05) is 17.9 Å². The number of hydrogen-bond acceptors (Lipinski definition) is 1. The lowest BCUT2D eigenvalue weighted by atomic mass is 9.84. The maximum Gasteiger partial charge on any atom is 0.0152 e. The minimum absolute atomic E-state index is 0.827. The van der Waals surface area contributed by atoms with Crippen molar-refractivity contribution in [1.29, 1.82) is 0 Å². The van der Waals surface area contributed by atoms with Crippen LogP contribution >= 0.6 is 15.9 Å². The van der Waals surface area contributed by atoms with Gasteiger partial charge in [-0.05, 0) is 62.8 Å². The summed E-state index contributed by atoms with van der Waals surface area (Å²) in [5, 5.41) is 0. The Bertz CT molecular complexity index is 249. The average Bonchev–Trinajstić information content (AvgIpc) is 2.76. The first-order valence-corrected chi connectivity index (χ1v) is 7.95. The van der Waals surface area contributed by atoms with E-state index >= 15 is 0 Å². The van der Waals surface area contributed by atoms with E-state index in [0.717, 1.165) is 28.5 Å². The molecule has 3 aliphatic rings. The van der Waals surface area contributed by atoms with E-state index in [1.165, 1.54) is 32.4 Å². The Hall–Kier alpha value is 0.440. The van der Waals surface area contributed by atoms with Gasteiger partial charge in [-0.25, -0.2) is 0 Å². The molecular formula is C14H24BrN. The quantitative estimate of drug-likeness (QED) is 0.715. The first kappa shape index (κ1) is 11.5. The van der Waals surface area contributed by atoms with Crippen LogP contribution in [0.15, 0.2) is 0 Å². The van der Waals surface area contributed by atoms with Gasteiger partial charge in [-0.1, -0.05) is 22.4 Å². The molecular weight excluding hydrogens is 262 g/mol. The zero-order chi connectivity index (χ0) is 11.1. The zero-order valence-corrected chi connectivity index (χ0v) is 12.0. The smallest absolute Gasteiger partial charge is 0.0152 e. The van der Waals surface area contributed by atoms with Gasteiger partial charge in [0.1, 0.15) is 0 Å². The average molecular weight is 286 g/mol. The van der Waals surface area contributed by atoms with E-state index in [-0.39, 0.29) is 0 Å². The van der Waals surface area contributed by atoms with Gasteiger partial charge in [0.25, 0.3) is 0 Å². The standard InChI is InChI=1S/C14H24BrN/c1-16(8-11-6-14(15)7-11)9-13-5-10-2-3-12(13)4-10/h10-14H,2-9H2,1H3. The normalized spacial score (nSPS) is 46.3. The van der Waals surface area contributed by atoms with Gasteiger partial charge in [0.15, 0.2) is 0 Å². The third-order valence-electron chi connectivity index (χ3n) is 5.18. The van der Waals surface area contributed by atoms with Crippen LogP contribution in [0.25, 0.3) is 0 Å². The first-order chi connectivity index (χ1) is 7.70. The molecule has 0 aromatic rings. The molecule has 3 unspecified atom stereocenters. The highest BCUT2D eigenvalue weighted by Crippen LogP contribution is 2.48. The lowest BCUT2D eigenvalue weighted by Gasteiger charge is -2.36. The first-order valence-electron chi connectivity index (χ1n) is 7.03. The molecule has 1 nitrogen and oxygen atoms in total. The minimum atomic E-state index is 0.827. The number of hydrogen-bond donors (Lipinski definition) is 0. The third kappa shape index (κ3) is 2.33. The van der Waals surface area contributed by atoms with Crippen LogP contribution in [0.3, 0.4) is 0 Å². The molecule has 3 rings (SSSR count). The molecule has 3 atom stereocenters. The van der Waals surface area contributed by atoms with Crippen molar-refractivity contribution < 1.29 is 0 Å². The van der Waals surface area contributed by atoms with Crippen molar-refractivity contribution >= 4 is 15.9 Å². The molecule has 0 aromatic carbocycles. The van der Waals surface area contributed by atoms with Gasteiger partial charge in [-0.2, -0.15) is 0 Å². The van der Waals surface area contributed by atoms with E-state index in [1.807, 2.05) is 0 Å². The van der Waals surface area contributed by atoms with Crippen LogP contribution in [0.2, 0.25) is 0 Å². The predicted octanol–water partition coefficient (Wildman–Crippen LogP) is 3.53. The van der Waals surface area contributed by atoms with Crippen LogP contribution in [0, 0.1) is 23.7 Å². The predicted molar refractivity (Wildman–Crippen MR) is 71.9 cm³/mol. The summed E-state index contributed by atoms with van der Waals surface area (Å²) in [4.78, 5) is 3.45. The maximum absolute atomic E-state index is 3.69. The van der Waals surface area contributed by atoms with Crippen molar-refractivity contribution in [2.24, 2.45) is 23.7 Å². The Labute approximate surface area is 108 Å². The highest BCUT2D eigenvalue weighted by atomic mass is 79.9. The summed E-state index contributed by atoms with van der Waals surface area (Å²) < 4.78 is 0. The van der Waals surface area contributed by atoms with Crippen LogP contribution in [0.4, 0.5) is 0 Å². The summed E-state index contributed by atoms with van der Waals surface area (Å²) in [5.74, 6) is 4.23. The molecule has 0 amide bonds. The third-order valence-corrected chi connectivity index (χ3v) is 5.93. The van der Waals surface area contributed by atoms with Gasteiger partial charge >= 0.3 is 0 Å². The van der Waals surface area contributed by atoms with Crippen molar-refractivity contribution in [1.82, 2.24) is 4.90 Å². The number of alkyl halides is 1. The minimum Gasteiger partial charge on any atom is -0.306 e.